The van der Waals surface area contributed by atoms with E-state index in [1.54, 1.807) is 0 Å². The van der Waals surface area contributed by atoms with E-state index < -0.39 is 0 Å². The molecule has 2 saturated carbocycles. The van der Waals surface area contributed by atoms with Gasteiger partial charge in [0.15, 0.2) is 0 Å². The van der Waals surface area contributed by atoms with E-state index >= 15 is 0 Å². The maximum absolute atomic E-state index is 12.2. The van der Waals surface area contributed by atoms with Crippen LogP contribution >= 0.6 is 0 Å². The number of carbonyl (C=O) groups excluding carboxylic acids is 1. The molecule has 0 bridgehead atoms. The molecule has 2 aliphatic rings. The standard InChI is InChI=1S/C15H28N2O/c1-11-5-2-3-6-13(11)10-17-15(18)14-8-4-7-12(14)9-16/h11-14H,2-10,16H2,1H3,(H,17,18)/t11?,12-,13?,14-/m1/s1. The van der Waals surface area contributed by atoms with Crippen LogP contribution in [-0.2, 0) is 4.79 Å². The normalized spacial score (nSPS) is 36.6. The predicted octanol–water partition coefficient (Wildman–Crippen LogP) is 2.30. The molecule has 3 N–H and O–H groups in total. The Morgan fingerprint density at radius 1 is 1.11 bits per heavy atom. The lowest BCUT2D eigenvalue weighted by Gasteiger charge is -2.29. The Bertz CT molecular complexity index is 280. The lowest BCUT2D eigenvalue weighted by atomic mass is 9.80. The molecule has 2 aliphatic carbocycles. The van der Waals surface area contributed by atoms with Gasteiger partial charge in [0, 0.05) is 12.5 Å². The predicted molar refractivity (Wildman–Crippen MR) is 74.0 cm³/mol. The van der Waals surface area contributed by atoms with E-state index in [-0.39, 0.29) is 11.8 Å². The van der Waals surface area contributed by atoms with Crippen LogP contribution in [0.15, 0.2) is 0 Å². The van der Waals surface area contributed by atoms with Crippen LogP contribution in [0, 0.1) is 23.7 Å². The second-order valence-electron chi connectivity index (χ2n) is 6.30. The highest BCUT2D eigenvalue weighted by Gasteiger charge is 2.32. The van der Waals surface area contributed by atoms with Crippen LogP contribution in [0.25, 0.3) is 0 Å². The lowest BCUT2D eigenvalue weighted by Crippen LogP contribution is -2.39. The first-order valence-electron chi connectivity index (χ1n) is 7.70. The highest BCUT2D eigenvalue weighted by atomic mass is 16.1. The molecule has 0 spiro atoms. The van der Waals surface area contributed by atoms with Crippen molar-refractivity contribution in [1.82, 2.24) is 5.32 Å². The fourth-order valence-electron chi connectivity index (χ4n) is 3.72. The lowest BCUT2D eigenvalue weighted by molar-refractivity contribution is -0.126. The van der Waals surface area contributed by atoms with E-state index in [4.69, 9.17) is 5.73 Å². The monoisotopic (exact) mass is 252 g/mol. The zero-order valence-corrected chi connectivity index (χ0v) is 11.7. The summed E-state index contributed by atoms with van der Waals surface area (Å²) in [5, 5.41) is 3.19. The van der Waals surface area contributed by atoms with Gasteiger partial charge in [-0.15, -0.1) is 0 Å². The number of amides is 1. The molecule has 0 aliphatic heterocycles. The van der Waals surface area contributed by atoms with E-state index in [9.17, 15) is 4.79 Å². The highest BCUT2D eigenvalue weighted by molar-refractivity contribution is 5.79. The van der Waals surface area contributed by atoms with Gasteiger partial charge in [0.2, 0.25) is 5.91 Å². The molecule has 2 rings (SSSR count). The fourth-order valence-corrected chi connectivity index (χ4v) is 3.72. The van der Waals surface area contributed by atoms with Crippen LogP contribution in [0.1, 0.15) is 51.9 Å². The second-order valence-corrected chi connectivity index (χ2v) is 6.30. The first-order chi connectivity index (χ1) is 8.72. The van der Waals surface area contributed by atoms with Crippen molar-refractivity contribution < 1.29 is 4.79 Å². The molecule has 4 atom stereocenters. The van der Waals surface area contributed by atoms with E-state index in [0.717, 1.165) is 25.3 Å². The van der Waals surface area contributed by atoms with E-state index in [1.807, 2.05) is 0 Å². The molecule has 3 heteroatoms. The summed E-state index contributed by atoms with van der Waals surface area (Å²) in [7, 11) is 0. The van der Waals surface area contributed by atoms with Gasteiger partial charge < -0.3 is 11.1 Å². The first kappa shape index (κ1) is 13.9. The first-order valence-corrected chi connectivity index (χ1v) is 7.70. The average molecular weight is 252 g/mol. The Hall–Kier alpha value is -0.570. The quantitative estimate of drug-likeness (QED) is 0.806. The van der Waals surface area contributed by atoms with Crippen molar-refractivity contribution in [3.05, 3.63) is 0 Å². The molecular formula is C15H28N2O. The molecule has 2 fully saturated rings. The number of hydrogen-bond acceptors (Lipinski definition) is 2. The van der Waals surface area contributed by atoms with Crippen molar-refractivity contribution >= 4 is 5.91 Å². The van der Waals surface area contributed by atoms with Crippen LogP contribution in [0.3, 0.4) is 0 Å². The number of nitrogens with two attached hydrogens (primary N) is 1. The van der Waals surface area contributed by atoms with Crippen molar-refractivity contribution in [2.24, 2.45) is 29.4 Å². The molecule has 1 amide bonds. The summed E-state index contributed by atoms with van der Waals surface area (Å²) in [4.78, 5) is 12.2. The summed E-state index contributed by atoms with van der Waals surface area (Å²) in [5.74, 6) is 2.34. The number of rotatable bonds is 4. The van der Waals surface area contributed by atoms with Crippen molar-refractivity contribution in [1.29, 1.82) is 0 Å². The van der Waals surface area contributed by atoms with Gasteiger partial charge >= 0.3 is 0 Å². The molecule has 18 heavy (non-hydrogen) atoms. The summed E-state index contributed by atoms with van der Waals surface area (Å²) in [6.45, 7) is 3.87. The Morgan fingerprint density at radius 3 is 2.56 bits per heavy atom. The van der Waals surface area contributed by atoms with Crippen LogP contribution < -0.4 is 11.1 Å². The summed E-state index contributed by atoms with van der Waals surface area (Å²) >= 11 is 0. The van der Waals surface area contributed by atoms with E-state index in [1.165, 1.54) is 32.1 Å². The number of carbonyl (C=O) groups is 1. The minimum absolute atomic E-state index is 0.189. The molecule has 0 heterocycles. The molecule has 0 aromatic rings. The van der Waals surface area contributed by atoms with Crippen molar-refractivity contribution in [3.63, 3.8) is 0 Å². The Morgan fingerprint density at radius 2 is 1.83 bits per heavy atom. The van der Waals surface area contributed by atoms with Gasteiger partial charge in [-0.3, -0.25) is 4.79 Å². The van der Waals surface area contributed by atoms with Gasteiger partial charge in [-0.2, -0.15) is 0 Å². The molecule has 2 unspecified atom stereocenters. The third-order valence-electron chi connectivity index (χ3n) is 5.13. The maximum atomic E-state index is 12.2. The number of nitrogens with one attached hydrogen (secondary N) is 1. The third kappa shape index (κ3) is 3.25. The highest BCUT2D eigenvalue weighted by Crippen LogP contribution is 2.32. The van der Waals surface area contributed by atoms with Crippen LogP contribution in [-0.4, -0.2) is 19.0 Å². The van der Waals surface area contributed by atoms with Gasteiger partial charge in [0.05, 0.1) is 0 Å². The van der Waals surface area contributed by atoms with Gasteiger partial charge in [0.25, 0.3) is 0 Å². The minimum Gasteiger partial charge on any atom is -0.356 e. The van der Waals surface area contributed by atoms with Crippen molar-refractivity contribution in [3.8, 4) is 0 Å². The van der Waals surface area contributed by atoms with Crippen molar-refractivity contribution in [2.45, 2.75) is 51.9 Å². The molecule has 0 aromatic carbocycles. The Kier molecular flexibility index (Phi) is 5.04. The van der Waals surface area contributed by atoms with Crippen LogP contribution in [0.2, 0.25) is 0 Å². The molecule has 0 saturated heterocycles. The fraction of sp³-hybridized carbons (Fsp3) is 0.933. The Balaban J connectivity index is 1.77. The van der Waals surface area contributed by atoms with Gasteiger partial charge in [-0.25, -0.2) is 0 Å². The van der Waals surface area contributed by atoms with E-state index in [2.05, 4.69) is 12.2 Å². The summed E-state index contributed by atoms with van der Waals surface area (Å²) in [5.41, 5.74) is 5.74. The van der Waals surface area contributed by atoms with Crippen LogP contribution in [0.4, 0.5) is 0 Å². The van der Waals surface area contributed by atoms with Crippen molar-refractivity contribution in [2.75, 3.05) is 13.1 Å². The topological polar surface area (TPSA) is 55.1 Å². The summed E-state index contributed by atoms with van der Waals surface area (Å²) in [6, 6.07) is 0. The molecule has 0 radical (unpaired) electrons. The molecule has 0 aromatic heterocycles. The summed E-state index contributed by atoms with van der Waals surface area (Å²) < 4.78 is 0. The molecule has 104 valence electrons. The zero-order chi connectivity index (χ0) is 13.0. The van der Waals surface area contributed by atoms with Gasteiger partial charge in [-0.1, -0.05) is 32.6 Å². The average Bonchev–Trinajstić information content (AvgIpc) is 2.86. The molecular weight excluding hydrogens is 224 g/mol. The Labute approximate surface area is 111 Å². The largest absolute Gasteiger partial charge is 0.356 e. The zero-order valence-electron chi connectivity index (χ0n) is 11.7. The summed E-state index contributed by atoms with van der Waals surface area (Å²) in [6.07, 6.45) is 8.65. The van der Waals surface area contributed by atoms with Crippen LogP contribution in [0.5, 0.6) is 0 Å². The maximum Gasteiger partial charge on any atom is 0.223 e. The second kappa shape index (κ2) is 6.55. The van der Waals surface area contributed by atoms with E-state index in [0.29, 0.717) is 18.4 Å². The smallest absolute Gasteiger partial charge is 0.223 e. The number of hydrogen-bond donors (Lipinski definition) is 2. The minimum atomic E-state index is 0.189. The van der Waals surface area contributed by atoms with Gasteiger partial charge in [0.1, 0.15) is 0 Å². The van der Waals surface area contributed by atoms with Gasteiger partial charge in [-0.05, 0) is 43.6 Å². The molecule has 3 nitrogen and oxygen atoms in total. The SMILES string of the molecule is CC1CCCCC1CNC(=O)[C@@H]1CCC[C@@H]1CN. The third-order valence-corrected chi connectivity index (χ3v) is 5.13.